The third-order valence-corrected chi connectivity index (χ3v) is 18.5. The zero-order valence-corrected chi connectivity index (χ0v) is 45.6. The molecule has 0 unspecified atom stereocenters. The van der Waals surface area contributed by atoms with Crippen molar-refractivity contribution in [2.45, 2.75) is 129 Å². The fraction of sp³-hybridized carbons (Fsp3) is 0.286. The van der Waals surface area contributed by atoms with E-state index in [2.05, 4.69) is 244 Å². The lowest BCUT2D eigenvalue weighted by molar-refractivity contribution is 0.332. The number of benzene rings is 8. The van der Waals surface area contributed by atoms with Gasteiger partial charge in [-0.25, -0.2) is 0 Å². The van der Waals surface area contributed by atoms with E-state index in [1.807, 2.05) is 0 Å². The van der Waals surface area contributed by atoms with E-state index in [0.29, 0.717) is 0 Å². The topological polar surface area (TPSA) is 32.8 Å². The molecule has 4 nitrogen and oxygen atoms in total. The summed E-state index contributed by atoms with van der Waals surface area (Å²) in [5, 5.41) is 3.40. The van der Waals surface area contributed by atoms with Gasteiger partial charge in [0.15, 0.2) is 0 Å². The summed E-state index contributed by atoms with van der Waals surface area (Å²) in [4.78, 5) is 5.25. The van der Waals surface area contributed by atoms with E-state index in [4.69, 9.17) is 8.83 Å². The van der Waals surface area contributed by atoms with Crippen molar-refractivity contribution in [1.29, 1.82) is 0 Å². The van der Waals surface area contributed by atoms with Crippen molar-refractivity contribution in [2.24, 2.45) is 0 Å². The summed E-state index contributed by atoms with van der Waals surface area (Å²) in [5.74, 6) is 0. The number of rotatable bonds is 4. The third-order valence-electron chi connectivity index (χ3n) is 18.5. The van der Waals surface area contributed by atoms with Crippen molar-refractivity contribution < 1.29 is 8.83 Å². The molecule has 4 aliphatic rings. The Hall–Kier alpha value is -7.24. The van der Waals surface area contributed by atoms with Crippen LogP contribution in [0.2, 0.25) is 0 Å². The maximum atomic E-state index is 7.86. The van der Waals surface area contributed by atoms with Crippen LogP contribution in [-0.4, -0.2) is 6.85 Å². The summed E-state index contributed by atoms with van der Waals surface area (Å²) in [7, 11) is 0. The molecule has 0 bridgehead atoms. The van der Waals surface area contributed by atoms with Crippen molar-refractivity contribution in [2.75, 3.05) is 9.71 Å². The van der Waals surface area contributed by atoms with Crippen molar-refractivity contribution in [3.05, 3.63) is 186 Å². The molecular formula is C70H67BN2O2. The highest BCUT2D eigenvalue weighted by molar-refractivity contribution is 6.93. The van der Waals surface area contributed by atoms with Crippen LogP contribution in [0.3, 0.4) is 0 Å². The molecule has 8 aromatic carbocycles. The minimum Gasteiger partial charge on any atom is -0.466 e. The fourth-order valence-electron chi connectivity index (χ4n) is 13.9. The lowest BCUT2D eigenvalue weighted by Crippen LogP contribution is -2.61. The second-order valence-corrected chi connectivity index (χ2v) is 26.2. The Bertz CT molecular complexity index is 4010. The van der Waals surface area contributed by atoms with Gasteiger partial charge in [-0.15, -0.1) is 0 Å². The van der Waals surface area contributed by atoms with Gasteiger partial charge in [0.2, 0.25) is 0 Å². The Morgan fingerprint density at radius 3 is 1.76 bits per heavy atom. The molecule has 5 heteroatoms. The van der Waals surface area contributed by atoms with Crippen LogP contribution in [0.1, 0.15) is 130 Å². The van der Waals surface area contributed by atoms with Crippen LogP contribution in [0.5, 0.6) is 0 Å². The van der Waals surface area contributed by atoms with Crippen LogP contribution in [0.25, 0.3) is 66.3 Å². The maximum absolute atomic E-state index is 7.86. The number of hydrogen-bond donors (Lipinski definition) is 0. The van der Waals surface area contributed by atoms with Crippen LogP contribution in [0.4, 0.5) is 28.4 Å². The highest BCUT2D eigenvalue weighted by atomic mass is 16.3. The molecule has 75 heavy (non-hydrogen) atoms. The third kappa shape index (κ3) is 6.81. The lowest BCUT2D eigenvalue weighted by atomic mass is 9.45. The van der Waals surface area contributed by atoms with Gasteiger partial charge in [-0.2, -0.15) is 0 Å². The van der Waals surface area contributed by atoms with E-state index < -0.39 is 0 Å². The summed E-state index contributed by atoms with van der Waals surface area (Å²) >= 11 is 0. The molecule has 2 aliphatic carbocycles. The average Bonchev–Trinajstić information content (AvgIpc) is 3.97. The van der Waals surface area contributed by atoms with Gasteiger partial charge >= 0.3 is 6.85 Å². The molecular weight excluding hydrogens is 912 g/mol. The number of nitrogens with zero attached hydrogens (tertiary/aromatic N) is 2. The van der Waals surface area contributed by atoms with Gasteiger partial charge < -0.3 is 18.5 Å². The zero-order valence-electron chi connectivity index (χ0n) is 45.6. The molecule has 372 valence electrons. The Morgan fingerprint density at radius 2 is 1.07 bits per heavy atom. The fourth-order valence-corrected chi connectivity index (χ4v) is 13.9. The molecule has 0 saturated carbocycles. The highest BCUT2D eigenvalue weighted by Crippen LogP contribution is 2.57. The van der Waals surface area contributed by atoms with Crippen LogP contribution < -0.4 is 20.8 Å². The van der Waals surface area contributed by atoms with Gasteiger partial charge in [0.05, 0.1) is 11.4 Å². The molecule has 2 aromatic heterocycles. The van der Waals surface area contributed by atoms with Crippen LogP contribution in [0.15, 0.2) is 167 Å². The Kier molecular flexibility index (Phi) is 9.67. The Labute approximate surface area is 443 Å². The smallest absolute Gasteiger partial charge is 0.375 e. The van der Waals surface area contributed by atoms with E-state index >= 15 is 0 Å². The Balaban J connectivity index is 1.18. The number of para-hydroxylation sites is 1. The molecule has 0 spiro atoms. The first kappa shape index (κ1) is 46.3. The summed E-state index contributed by atoms with van der Waals surface area (Å²) in [6, 6.07) is 59.7. The second-order valence-electron chi connectivity index (χ2n) is 26.2. The normalized spacial score (nSPS) is 17.7. The van der Waals surface area contributed by atoms with Gasteiger partial charge in [0.25, 0.3) is 0 Å². The molecule has 0 N–H and O–H groups in total. The van der Waals surface area contributed by atoms with Crippen molar-refractivity contribution in [3.8, 4) is 33.4 Å². The Morgan fingerprint density at radius 1 is 0.453 bits per heavy atom. The minimum absolute atomic E-state index is 0.00120. The van der Waals surface area contributed by atoms with Crippen molar-refractivity contribution in [3.63, 3.8) is 0 Å². The van der Waals surface area contributed by atoms with Crippen molar-refractivity contribution >= 4 is 79.3 Å². The number of hydrogen-bond acceptors (Lipinski definition) is 4. The van der Waals surface area contributed by atoms with E-state index in [1.54, 1.807) is 0 Å². The standard InChI is InChI=1S/C70H67BN2O2/c1-66(2,3)45-27-31-55(48(37-45)43-22-16-13-17-23-43)72-57-41-60-61(47-24-18-19-25-58(47)74-60)62-49-36-44(42-20-14-12-15-21-42)26-30-56(49)73(46-28-29-51-52(38-46)68(6,7)33-32-67(51,4)5)71(63(57)62)65-64(72)50-39-53-54(40-59(50)75-65)70(10,11)35-34-69(53,8)9/h12-31,36-41H,32-35H2,1-11H3. The quantitative estimate of drug-likeness (QED) is 0.165. The first-order valence-corrected chi connectivity index (χ1v) is 27.5. The average molecular weight is 979 g/mol. The van der Waals surface area contributed by atoms with E-state index in [0.717, 1.165) is 87.0 Å². The first-order valence-electron chi connectivity index (χ1n) is 27.5. The summed E-state index contributed by atoms with van der Waals surface area (Å²) in [5.41, 5.74) is 24.6. The molecule has 4 heterocycles. The molecule has 0 radical (unpaired) electrons. The van der Waals surface area contributed by atoms with E-state index in [1.165, 1.54) is 72.3 Å². The van der Waals surface area contributed by atoms with Crippen LogP contribution in [-0.2, 0) is 27.1 Å². The van der Waals surface area contributed by atoms with Gasteiger partial charge in [0.1, 0.15) is 22.4 Å². The predicted molar refractivity (Wildman–Crippen MR) is 317 cm³/mol. The minimum atomic E-state index is -0.341. The molecule has 0 atom stereocenters. The van der Waals surface area contributed by atoms with Crippen LogP contribution in [0, 0.1) is 0 Å². The zero-order chi connectivity index (χ0) is 51.7. The van der Waals surface area contributed by atoms with Gasteiger partial charge in [-0.05, 0) is 163 Å². The first-order chi connectivity index (χ1) is 35.8. The lowest BCUT2D eigenvalue weighted by Gasteiger charge is -2.46. The SMILES string of the molecule is CC(C)(C)c1ccc(N2c3cc4oc5ccccc5c4c4c3B(c3oc5cc6c(cc5c32)C(C)(C)CCC6(C)C)N(c2ccc3c(c2)C(C)(C)CCC3(C)C)c2ccc(-c3ccccc3)cc2-4)c(-c2ccccc2)c1. The number of anilines is 5. The molecule has 0 fully saturated rings. The predicted octanol–water partition coefficient (Wildman–Crippen LogP) is 18.4. The summed E-state index contributed by atoms with van der Waals surface area (Å²) in [6.45, 7) is 26.1. The van der Waals surface area contributed by atoms with E-state index in [9.17, 15) is 0 Å². The molecule has 2 aliphatic heterocycles. The van der Waals surface area contributed by atoms with Gasteiger partial charge in [0, 0.05) is 50.4 Å². The molecule has 10 aromatic rings. The van der Waals surface area contributed by atoms with Gasteiger partial charge in [-0.1, -0.05) is 173 Å². The number of fused-ring (bicyclic) bond motifs is 12. The largest absolute Gasteiger partial charge is 0.466 e. The number of furan rings is 2. The van der Waals surface area contributed by atoms with Crippen LogP contribution >= 0.6 is 0 Å². The van der Waals surface area contributed by atoms with E-state index in [-0.39, 0.29) is 33.9 Å². The van der Waals surface area contributed by atoms with Gasteiger partial charge in [-0.3, -0.25) is 0 Å². The maximum Gasteiger partial charge on any atom is 0.375 e. The molecule has 0 amide bonds. The monoisotopic (exact) mass is 979 g/mol. The highest BCUT2D eigenvalue weighted by Gasteiger charge is 2.51. The summed E-state index contributed by atoms with van der Waals surface area (Å²) in [6.07, 6.45) is 4.53. The molecule has 14 rings (SSSR count). The summed E-state index contributed by atoms with van der Waals surface area (Å²) < 4.78 is 15.0. The second kappa shape index (κ2) is 15.7. The molecule has 0 saturated heterocycles. The van der Waals surface area contributed by atoms with Crippen molar-refractivity contribution in [1.82, 2.24) is 0 Å².